The molecule has 3 aromatic rings. The zero-order chi connectivity index (χ0) is 15.9. The second-order valence-corrected chi connectivity index (χ2v) is 6.08. The van der Waals surface area contributed by atoms with E-state index in [1.807, 2.05) is 33.2 Å². The summed E-state index contributed by atoms with van der Waals surface area (Å²) < 4.78 is 9.28. The summed E-state index contributed by atoms with van der Waals surface area (Å²) in [6.45, 7) is 3.65. The predicted octanol–water partition coefficient (Wildman–Crippen LogP) is 3.59. The highest BCUT2D eigenvalue weighted by Gasteiger charge is 2.20. The van der Waals surface area contributed by atoms with Gasteiger partial charge in [-0.2, -0.15) is 5.10 Å². The van der Waals surface area contributed by atoms with Gasteiger partial charge in [0.1, 0.15) is 4.60 Å². The average Bonchev–Trinajstić information content (AvgIpc) is 3.00. The minimum atomic E-state index is -0.415. The number of ether oxygens (including phenoxy) is 1. The van der Waals surface area contributed by atoms with Gasteiger partial charge in [0, 0.05) is 30.4 Å². The summed E-state index contributed by atoms with van der Waals surface area (Å²) in [5.74, 6) is 0. The normalized spacial score (nSPS) is 11.3. The second kappa shape index (κ2) is 5.57. The van der Waals surface area contributed by atoms with Gasteiger partial charge < -0.3 is 4.74 Å². The quantitative estimate of drug-likeness (QED) is 0.653. The van der Waals surface area contributed by atoms with Crippen molar-refractivity contribution in [3.8, 4) is 11.3 Å². The standard InChI is InChI=1S/C15H15BrN4O2/c1-9(2)22-15(21)20-12(11-7-18-19(3)8-11)4-10-6-17-14(16)5-13(10)20/h4-9H,1-3H3. The second-order valence-electron chi connectivity index (χ2n) is 5.27. The van der Waals surface area contributed by atoms with Gasteiger partial charge in [0.2, 0.25) is 0 Å². The molecule has 0 N–H and O–H groups in total. The van der Waals surface area contributed by atoms with Gasteiger partial charge in [0.05, 0.1) is 23.5 Å². The van der Waals surface area contributed by atoms with Gasteiger partial charge >= 0.3 is 6.09 Å². The van der Waals surface area contributed by atoms with Crippen molar-refractivity contribution in [3.05, 3.63) is 35.3 Å². The number of rotatable bonds is 2. The van der Waals surface area contributed by atoms with E-state index in [1.165, 1.54) is 0 Å². The third-order valence-corrected chi connectivity index (χ3v) is 3.61. The molecule has 114 valence electrons. The Bertz CT molecular complexity index is 850. The van der Waals surface area contributed by atoms with Crippen molar-refractivity contribution in [1.82, 2.24) is 19.3 Å². The van der Waals surface area contributed by atoms with Crippen LogP contribution in [0, 0.1) is 0 Å². The average molecular weight is 363 g/mol. The van der Waals surface area contributed by atoms with Gasteiger partial charge in [-0.3, -0.25) is 4.68 Å². The Morgan fingerprint density at radius 1 is 1.32 bits per heavy atom. The minimum absolute atomic E-state index is 0.197. The van der Waals surface area contributed by atoms with Crippen molar-refractivity contribution in [2.24, 2.45) is 7.05 Å². The lowest BCUT2D eigenvalue weighted by Crippen LogP contribution is -2.18. The lowest BCUT2D eigenvalue weighted by molar-refractivity contribution is 0.118. The molecule has 6 nitrogen and oxygen atoms in total. The highest BCUT2D eigenvalue weighted by molar-refractivity contribution is 9.10. The van der Waals surface area contributed by atoms with Crippen LogP contribution in [0.25, 0.3) is 22.2 Å². The number of aryl methyl sites for hydroxylation is 1. The minimum Gasteiger partial charge on any atom is -0.446 e. The molecule has 0 aromatic carbocycles. The van der Waals surface area contributed by atoms with Crippen molar-refractivity contribution in [1.29, 1.82) is 0 Å². The van der Waals surface area contributed by atoms with E-state index in [1.54, 1.807) is 27.7 Å². The fraction of sp³-hybridized carbons (Fsp3) is 0.267. The molecule has 0 aliphatic carbocycles. The van der Waals surface area contributed by atoms with Gasteiger partial charge in [0.15, 0.2) is 0 Å². The molecule has 0 bridgehead atoms. The number of carbonyl (C=O) groups excluding carboxylic acids is 1. The maximum Gasteiger partial charge on any atom is 0.419 e. The van der Waals surface area contributed by atoms with Crippen molar-refractivity contribution < 1.29 is 9.53 Å². The Hall–Kier alpha value is -2.15. The van der Waals surface area contributed by atoms with Crippen LogP contribution < -0.4 is 0 Å². The van der Waals surface area contributed by atoms with Crippen LogP contribution in [0.3, 0.4) is 0 Å². The van der Waals surface area contributed by atoms with Crippen LogP contribution in [0.4, 0.5) is 4.79 Å². The maximum absolute atomic E-state index is 12.5. The van der Waals surface area contributed by atoms with Crippen LogP contribution in [0.2, 0.25) is 0 Å². The Morgan fingerprint density at radius 3 is 2.73 bits per heavy atom. The van der Waals surface area contributed by atoms with E-state index >= 15 is 0 Å². The van der Waals surface area contributed by atoms with E-state index in [9.17, 15) is 4.79 Å². The lowest BCUT2D eigenvalue weighted by Gasteiger charge is -2.11. The summed E-state index contributed by atoms with van der Waals surface area (Å²) in [7, 11) is 1.83. The third kappa shape index (κ3) is 2.64. The van der Waals surface area contributed by atoms with Gasteiger partial charge in [0.25, 0.3) is 0 Å². The summed E-state index contributed by atoms with van der Waals surface area (Å²) >= 11 is 3.34. The third-order valence-electron chi connectivity index (χ3n) is 3.17. The van der Waals surface area contributed by atoms with Crippen LogP contribution in [0.15, 0.2) is 35.3 Å². The SMILES string of the molecule is CC(C)OC(=O)n1c(-c2cnn(C)c2)cc2cnc(Br)cc21. The smallest absolute Gasteiger partial charge is 0.419 e. The summed E-state index contributed by atoms with van der Waals surface area (Å²) in [5, 5.41) is 5.03. The molecule has 0 aliphatic rings. The summed E-state index contributed by atoms with van der Waals surface area (Å²) in [5.41, 5.74) is 2.32. The number of pyridine rings is 1. The Kier molecular flexibility index (Phi) is 3.74. The zero-order valence-corrected chi connectivity index (χ0v) is 14.0. The predicted molar refractivity (Wildman–Crippen MR) is 86.7 cm³/mol. The van der Waals surface area contributed by atoms with Crippen LogP contribution >= 0.6 is 15.9 Å². The van der Waals surface area contributed by atoms with Crippen molar-refractivity contribution >= 4 is 32.9 Å². The highest BCUT2D eigenvalue weighted by atomic mass is 79.9. The first-order valence-electron chi connectivity index (χ1n) is 6.82. The zero-order valence-electron chi connectivity index (χ0n) is 12.4. The topological polar surface area (TPSA) is 61.9 Å². The number of carbonyl (C=O) groups is 1. The monoisotopic (exact) mass is 362 g/mol. The Morgan fingerprint density at radius 2 is 2.09 bits per heavy atom. The van der Waals surface area contributed by atoms with Gasteiger partial charge in [-0.1, -0.05) is 0 Å². The van der Waals surface area contributed by atoms with Crippen molar-refractivity contribution in [3.63, 3.8) is 0 Å². The van der Waals surface area contributed by atoms with E-state index in [0.29, 0.717) is 4.60 Å². The molecule has 0 atom stereocenters. The molecular weight excluding hydrogens is 348 g/mol. The number of nitrogens with zero attached hydrogens (tertiary/aromatic N) is 4. The molecule has 3 aromatic heterocycles. The molecule has 3 heterocycles. The Labute approximate surface area is 135 Å². The van der Waals surface area contributed by atoms with Crippen LogP contribution in [-0.4, -0.2) is 31.5 Å². The molecule has 0 saturated heterocycles. The lowest BCUT2D eigenvalue weighted by atomic mass is 10.2. The number of hydrogen-bond donors (Lipinski definition) is 0. The van der Waals surface area contributed by atoms with Crippen LogP contribution in [0.1, 0.15) is 13.8 Å². The van der Waals surface area contributed by atoms with Crippen LogP contribution in [-0.2, 0) is 11.8 Å². The molecule has 3 rings (SSSR count). The first-order valence-corrected chi connectivity index (χ1v) is 7.62. The molecule has 22 heavy (non-hydrogen) atoms. The number of fused-ring (bicyclic) bond motifs is 1. The molecule has 0 spiro atoms. The summed E-state index contributed by atoms with van der Waals surface area (Å²) in [6, 6.07) is 3.71. The molecule has 0 radical (unpaired) electrons. The molecule has 0 unspecified atom stereocenters. The van der Waals surface area contributed by atoms with E-state index in [4.69, 9.17) is 4.74 Å². The van der Waals surface area contributed by atoms with E-state index in [-0.39, 0.29) is 6.10 Å². The van der Waals surface area contributed by atoms with Crippen molar-refractivity contribution in [2.45, 2.75) is 20.0 Å². The number of aromatic nitrogens is 4. The van der Waals surface area contributed by atoms with Crippen molar-refractivity contribution in [2.75, 3.05) is 0 Å². The van der Waals surface area contributed by atoms with Crippen LogP contribution in [0.5, 0.6) is 0 Å². The first-order chi connectivity index (χ1) is 10.5. The summed E-state index contributed by atoms with van der Waals surface area (Å²) in [6.07, 6.45) is 4.68. The molecular formula is C15H15BrN4O2. The highest BCUT2D eigenvalue weighted by Crippen LogP contribution is 2.29. The fourth-order valence-corrected chi connectivity index (χ4v) is 2.61. The summed E-state index contributed by atoms with van der Waals surface area (Å²) in [4.78, 5) is 16.7. The van der Waals surface area contributed by atoms with Gasteiger partial charge in [-0.05, 0) is 41.9 Å². The number of halogens is 1. The van der Waals surface area contributed by atoms with E-state index in [2.05, 4.69) is 26.0 Å². The molecule has 0 fully saturated rings. The largest absolute Gasteiger partial charge is 0.446 e. The van der Waals surface area contributed by atoms with Gasteiger partial charge in [-0.25, -0.2) is 14.3 Å². The van der Waals surface area contributed by atoms with Gasteiger partial charge in [-0.15, -0.1) is 0 Å². The molecule has 7 heteroatoms. The molecule has 0 saturated carbocycles. The maximum atomic E-state index is 12.5. The van der Waals surface area contributed by atoms with E-state index < -0.39 is 6.09 Å². The fourth-order valence-electron chi connectivity index (χ4n) is 2.29. The molecule has 0 aliphatic heterocycles. The number of hydrogen-bond acceptors (Lipinski definition) is 4. The Balaban J connectivity index is 2.24. The van der Waals surface area contributed by atoms with E-state index in [0.717, 1.165) is 22.2 Å². The molecule has 0 amide bonds. The first kappa shape index (κ1) is 14.8.